The molecule has 0 bridgehead atoms. The van der Waals surface area contributed by atoms with Crippen LogP contribution in [0.3, 0.4) is 0 Å². The Balaban J connectivity index is 2.50. The highest BCUT2D eigenvalue weighted by molar-refractivity contribution is 5.01. The van der Waals surface area contributed by atoms with Crippen molar-refractivity contribution < 1.29 is 0 Å². The minimum absolute atomic E-state index is 1.00. The third-order valence-electron chi connectivity index (χ3n) is 1.14. The molecule has 1 rings (SSSR count). The van der Waals surface area contributed by atoms with E-state index in [-0.39, 0.29) is 0 Å². The van der Waals surface area contributed by atoms with Crippen molar-refractivity contribution in [2.45, 2.75) is 6.42 Å². The minimum Gasteiger partial charge on any atom is -0.401 e. The normalized spacial score (nSPS) is 20.1. The summed E-state index contributed by atoms with van der Waals surface area (Å²) in [6.07, 6.45) is 3.01. The molecule has 0 saturated heterocycles. The number of nitrogens with zero attached hydrogens (tertiary/aromatic N) is 1. The van der Waals surface area contributed by atoms with Crippen molar-refractivity contribution in [2.24, 2.45) is 5.73 Å². The van der Waals surface area contributed by atoms with Crippen LogP contribution in [0.1, 0.15) is 6.42 Å². The Morgan fingerprint density at radius 3 is 2.71 bits per heavy atom. The first-order valence-electron chi connectivity index (χ1n) is 2.45. The van der Waals surface area contributed by atoms with E-state index in [1.165, 1.54) is 0 Å². The van der Waals surface area contributed by atoms with Gasteiger partial charge in [0.15, 0.2) is 0 Å². The molecular weight excluding hydrogens is 88.1 g/mol. The summed E-state index contributed by atoms with van der Waals surface area (Å²) >= 11 is 0. The third-order valence-corrected chi connectivity index (χ3v) is 1.14. The molecule has 0 aromatic carbocycles. The first-order chi connectivity index (χ1) is 3.29. The molecule has 2 heteroatoms. The van der Waals surface area contributed by atoms with E-state index >= 15 is 0 Å². The largest absolute Gasteiger partial charge is 0.401 e. The molecule has 2 nitrogen and oxygen atoms in total. The lowest BCUT2D eigenvalue weighted by Crippen LogP contribution is -2.04. The molecule has 1 aliphatic rings. The van der Waals surface area contributed by atoms with Gasteiger partial charge in [0.1, 0.15) is 0 Å². The molecule has 1 aliphatic heterocycles. The van der Waals surface area contributed by atoms with Gasteiger partial charge in [0, 0.05) is 31.9 Å². The zero-order chi connectivity index (χ0) is 5.28. The van der Waals surface area contributed by atoms with Gasteiger partial charge >= 0.3 is 0 Å². The number of hydrogen-bond donors (Lipinski definition) is 1. The molecule has 0 amide bonds. The van der Waals surface area contributed by atoms with Crippen molar-refractivity contribution in [3.05, 3.63) is 11.9 Å². The van der Waals surface area contributed by atoms with Crippen LogP contribution in [0.2, 0.25) is 0 Å². The minimum atomic E-state index is 1.00. The maximum absolute atomic E-state index is 5.44. The van der Waals surface area contributed by atoms with Crippen LogP contribution in [0.15, 0.2) is 11.9 Å². The van der Waals surface area contributed by atoms with Crippen LogP contribution < -0.4 is 5.73 Å². The lowest BCUT2D eigenvalue weighted by atomic mass is 10.4. The Morgan fingerprint density at radius 2 is 2.57 bits per heavy atom. The van der Waals surface area contributed by atoms with Gasteiger partial charge in [-0.05, 0) is 0 Å². The molecule has 1 heterocycles. The van der Waals surface area contributed by atoms with E-state index < -0.39 is 0 Å². The highest BCUT2D eigenvalue weighted by Gasteiger charge is 2.02. The molecule has 0 aliphatic carbocycles. The molecule has 40 valence electrons. The van der Waals surface area contributed by atoms with E-state index in [9.17, 15) is 0 Å². The summed E-state index contributed by atoms with van der Waals surface area (Å²) in [5.74, 6) is 0. The molecule has 0 unspecified atom stereocenters. The van der Waals surface area contributed by atoms with Gasteiger partial charge in [0.05, 0.1) is 0 Å². The van der Waals surface area contributed by atoms with Gasteiger partial charge < -0.3 is 10.6 Å². The topological polar surface area (TPSA) is 29.3 Å². The Kier molecular flexibility index (Phi) is 0.929. The lowest BCUT2D eigenvalue weighted by Gasteiger charge is -2.01. The van der Waals surface area contributed by atoms with E-state index in [0.29, 0.717) is 0 Å². The van der Waals surface area contributed by atoms with Crippen LogP contribution in [0, 0.1) is 0 Å². The van der Waals surface area contributed by atoms with Gasteiger partial charge in [-0.2, -0.15) is 0 Å². The van der Waals surface area contributed by atoms with E-state index in [0.717, 1.165) is 18.7 Å². The molecule has 0 saturated carbocycles. The number of rotatable bonds is 0. The highest BCUT2D eigenvalue weighted by Crippen LogP contribution is 2.04. The lowest BCUT2D eigenvalue weighted by molar-refractivity contribution is 0.496. The molecule has 7 heavy (non-hydrogen) atoms. The van der Waals surface area contributed by atoms with Crippen LogP contribution in [0.5, 0.6) is 0 Å². The number of nitrogens with two attached hydrogens (primary N) is 1. The fourth-order valence-electron chi connectivity index (χ4n) is 0.718. The van der Waals surface area contributed by atoms with Gasteiger partial charge in [-0.1, -0.05) is 0 Å². The van der Waals surface area contributed by atoms with Gasteiger partial charge in [-0.15, -0.1) is 0 Å². The summed E-state index contributed by atoms with van der Waals surface area (Å²) in [5, 5.41) is 0. The molecule has 0 spiro atoms. The average Bonchev–Trinajstić information content (AvgIpc) is 1.87. The maximum atomic E-state index is 5.44. The number of hydrogen-bond acceptors (Lipinski definition) is 2. The predicted octanol–water partition coefficient (Wildman–Crippen LogP) is 0.122. The standard InChI is InChI=1S/C5H10N2/c1-7-3-2-5(6)4-7/h4H,2-3,6H2,1H3. The Morgan fingerprint density at radius 1 is 1.86 bits per heavy atom. The summed E-state index contributed by atoms with van der Waals surface area (Å²) in [6.45, 7) is 1.09. The first-order valence-corrected chi connectivity index (χ1v) is 2.45. The van der Waals surface area contributed by atoms with Crippen molar-refractivity contribution in [2.75, 3.05) is 13.6 Å². The monoisotopic (exact) mass is 98.1 g/mol. The summed E-state index contributed by atoms with van der Waals surface area (Å²) < 4.78 is 0. The predicted molar refractivity (Wildman–Crippen MR) is 29.5 cm³/mol. The summed E-state index contributed by atoms with van der Waals surface area (Å²) in [6, 6.07) is 0. The summed E-state index contributed by atoms with van der Waals surface area (Å²) in [7, 11) is 2.03. The smallest absolute Gasteiger partial charge is 0.0260 e. The van der Waals surface area contributed by atoms with Crippen molar-refractivity contribution in [1.29, 1.82) is 0 Å². The van der Waals surface area contributed by atoms with Gasteiger partial charge in [-0.25, -0.2) is 0 Å². The van der Waals surface area contributed by atoms with Gasteiger partial charge in [0.25, 0.3) is 0 Å². The molecular formula is C5H10N2. The third kappa shape index (κ3) is 0.856. The SMILES string of the molecule is CN1C=C(N)CC1. The van der Waals surface area contributed by atoms with Gasteiger partial charge in [-0.3, -0.25) is 0 Å². The Hall–Kier alpha value is -0.660. The zero-order valence-electron chi connectivity index (χ0n) is 4.52. The Labute approximate surface area is 43.6 Å². The second-order valence-electron chi connectivity index (χ2n) is 1.93. The van der Waals surface area contributed by atoms with Crippen LogP contribution in [-0.2, 0) is 0 Å². The van der Waals surface area contributed by atoms with Crippen molar-refractivity contribution >= 4 is 0 Å². The van der Waals surface area contributed by atoms with E-state index in [1.54, 1.807) is 0 Å². The van der Waals surface area contributed by atoms with Crippen molar-refractivity contribution in [1.82, 2.24) is 4.90 Å². The highest BCUT2D eigenvalue weighted by atomic mass is 15.1. The molecule has 0 radical (unpaired) electrons. The quantitative estimate of drug-likeness (QED) is 0.466. The van der Waals surface area contributed by atoms with Crippen LogP contribution >= 0.6 is 0 Å². The molecule has 0 aromatic rings. The second-order valence-corrected chi connectivity index (χ2v) is 1.93. The maximum Gasteiger partial charge on any atom is 0.0260 e. The fraction of sp³-hybridized carbons (Fsp3) is 0.600. The molecule has 2 N–H and O–H groups in total. The molecule has 0 aromatic heterocycles. The van der Waals surface area contributed by atoms with Crippen molar-refractivity contribution in [3.63, 3.8) is 0 Å². The molecule has 0 atom stereocenters. The van der Waals surface area contributed by atoms with Crippen LogP contribution in [0.4, 0.5) is 0 Å². The van der Waals surface area contributed by atoms with Crippen LogP contribution in [0.25, 0.3) is 0 Å². The Bertz CT molecular complexity index is 96.3. The fourth-order valence-corrected chi connectivity index (χ4v) is 0.718. The van der Waals surface area contributed by atoms with Crippen LogP contribution in [-0.4, -0.2) is 18.5 Å². The second kappa shape index (κ2) is 1.45. The van der Waals surface area contributed by atoms with E-state index in [2.05, 4.69) is 4.90 Å². The van der Waals surface area contributed by atoms with E-state index in [4.69, 9.17) is 5.73 Å². The van der Waals surface area contributed by atoms with E-state index in [1.807, 2.05) is 13.2 Å². The van der Waals surface area contributed by atoms with Gasteiger partial charge in [0.2, 0.25) is 0 Å². The summed E-state index contributed by atoms with van der Waals surface area (Å²) in [5.41, 5.74) is 6.45. The molecule has 0 fully saturated rings. The van der Waals surface area contributed by atoms with Crippen molar-refractivity contribution in [3.8, 4) is 0 Å². The first kappa shape index (κ1) is 4.50. The average molecular weight is 98.1 g/mol. The summed E-state index contributed by atoms with van der Waals surface area (Å²) in [4.78, 5) is 2.09. The zero-order valence-corrected chi connectivity index (χ0v) is 4.52.